The molecule has 0 spiro atoms. The van der Waals surface area contributed by atoms with Crippen LogP contribution in [0.4, 0.5) is 11.4 Å². The van der Waals surface area contributed by atoms with Crippen LogP contribution < -0.4 is 4.90 Å². The minimum Gasteiger partial charge on any atom is -0.274 e. The molecule has 6 heteroatoms. The Bertz CT molecular complexity index is 1070. The largest absolute Gasteiger partial charge is 0.274 e. The SMILES string of the molecule is CC(=C1[C@H]2C=C[C@H]1[C@H]1C(=O)N(c3ccc([N+](=O)[O-])cc3)C(=O)[C@H]12)c1ccccc1. The number of carbonyl (C=O) groups is 2. The molecule has 4 atom stereocenters. The van der Waals surface area contributed by atoms with Crippen molar-refractivity contribution in [3.05, 3.63) is 88.0 Å². The average Bonchev–Trinajstić information content (AvgIpc) is 3.38. The van der Waals surface area contributed by atoms with E-state index >= 15 is 0 Å². The molecule has 29 heavy (non-hydrogen) atoms. The van der Waals surface area contributed by atoms with Crippen molar-refractivity contribution in [2.45, 2.75) is 6.92 Å². The topological polar surface area (TPSA) is 80.5 Å². The number of rotatable bonds is 3. The highest BCUT2D eigenvalue weighted by Gasteiger charge is 2.62. The van der Waals surface area contributed by atoms with Crippen molar-refractivity contribution in [1.82, 2.24) is 0 Å². The number of nitrogens with zero attached hydrogens (tertiary/aromatic N) is 2. The Morgan fingerprint density at radius 2 is 1.45 bits per heavy atom. The molecule has 1 saturated heterocycles. The van der Waals surface area contributed by atoms with Crippen LogP contribution in [-0.4, -0.2) is 16.7 Å². The number of anilines is 1. The van der Waals surface area contributed by atoms with E-state index in [0.717, 1.165) is 16.7 Å². The molecular weight excluding hydrogens is 368 g/mol. The summed E-state index contributed by atoms with van der Waals surface area (Å²) in [6.07, 6.45) is 4.11. The molecule has 1 aliphatic heterocycles. The Morgan fingerprint density at radius 1 is 0.897 bits per heavy atom. The summed E-state index contributed by atoms with van der Waals surface area (Å²) in [5.74, 6) is -1.40. The number of allylic oxidation sites excluding steroid dienone is 4. The van der Waals surface area contributed by atoms with Crippen LogP contribution in [0.15, 0.2) is 72.3 Å². The highest BCUT2D eigenvalue weighted by Crippen LogP contribution is 2.58. The maximum Gasteiger partial charge on any atom is 0.269 e. The fraction of sp³-hybridized carbons (Fsp3) is 0.217. The molecule has 0 radical (unpaired) electrons. The lowest BCUT2D eigenvalue weighted by Crippen LogP contribution is -2.33. The first kappa shape index (κ1) is 17.6. The van der Waals surface area contributed by atoms with Gasteiger partial charge < -0.3 is 0 Å². The summed E-state index contributed by atoms with van der Waals surface area (Å²) in [6.45, 7) is 2.06. The van der Waals surface area contributed by atoms with Gasteiger partial charge in [0.1, 0.15) is 0 Å². The van der Waals surface area contributed by atoms with Gasteiger partial charge >= 0.3 is 0 Å². The number of benzene rings is 2. The van der Waals surface area contributed by atoms with E-state index in [4.69, 9.17) is 0 Å². The molecule has 3 aliphatic rings. The highest BCUT2D eigenvalue weighted by atomic mass is 16.6. The number of amides is 2. The van der Waals surface area contributed by atoms with Gasteiger partial charge in [0, 0.05) is 24.0 Å². The lowest BCUT2D eigenvalue weighted by atomic mass is 9.85. The molecule has 144 valence electrons. The van der Waals surface area contributed by atoms with E-state index < -0.39 is 16.8 Å². The Morgan fingerprint density at radius 3 is 1.97 bits per heavy atom. The van der Waals surface area contributed by atoms with Crippen LogP contribution in [-0.2, 0) is 9.59 Å². The van der Waals surface area contributed by atoms with Crippen molar-refractivity contribution in [2.24, 2.45) is 23.7 Å². The number of carbonyl (C=O) groups excluding carboxylic acids is 2. The summed E-state index contributed by atoms with van der Waals surface area (Å²) in [4.78, 5) is 38.0. The second-order valence-electron chi connectivity index (χ2n) is 7.72. The van der Waals surface area contributed by atoms with Gasteiger partial charge in [-0.05, 0) is 30.2 Å². The molecule has 5 rings (SSSR count). The van der Waals surface area contributed by atoms with Gasteiger partial charge in [0.05, 0.1) is 22.4 Å². The Kier molecular flexibility index (Phi) is 3.77. The molecule has 2 aliphatic carbocycles. The smallest absolute Gasteiger partial charge is 0.269 e. The monoisotopic (exact) mass is 386 g/mol. The van der Waals surface area contributed by atoms with Crippen LogP contribution in [0.25, 0.3) is 5.57 Å². The molecule has 2 fully saturated rings. The zero-order chi connectivity index (χ0) is 20.3. The van der Waals surface area contributed by atoms with E-state index in [0.29, 0.717) is 5.69 Å². The van der Waals surface area contributed by atoms with Gasteiger partial charge in [0.2, 0.25) is 11.8 Å². The molecular formula is C23H18N2O4. The third-order valence-electron chi connectivity index (χ3n) is 6.37. The summed E-state index contributed by atoms with van der Waals surface area (Å²) in [5, 5.41) is 10.9. The van der Waals surface area contributed by atoms with Gasteiger partial charge in [-0.25, -0.2) is 4.90 Å². The number of hydrogen-bond acceptors (Lipinski definition) is 4. The zero-order valence-corrected chi connectivity index (χ0v) is 15.7. The average molecular weight is 386 g/mol. The number of nitro benzene ring substituents is 1. The second kappa shape index (κ2) is 6.24. The fourth-order valence-electron chi connectivity index (χ4n) is 5.10. The van der Waals surface area contributed by atoms with Crippen LogP contribution in [0, 0.1) is 33.8 Å². The lowest BCUT2D eigenvalue weighted by molar-refractivity contribution is -0.384. The first-order valence-corrected chi connectivity index (χ1v) is 9.55. The van der Waals surface area contributed by atoms with Crippen molar-refractivity contribution in [3.63, 3.8) is 0 Å². The number of nitro groups is 1. The van der Waals surface area contributed by atoms with E-state index in [2.05, 4.69) is 19.1 Å². The minimum absolute atomic E-state index is 0.0709. The third-order valence-corrected chi connectivity index (χ3v) is 6.37. The quantitative estimate of drug-likeness (QED) is 0.346. The third kappa shape index (κ3) is 2.42. The number of hydrogen-bond donors (Lipinski definition) is 0. The molecule has 0 aromatic heterocycles. The Labute approximate surface area is 167 Å². The maximum absolute atomic E-state index is 13.2. The van der Waals surface area contributed by atoms with Gasteiger partial charge in [-0.15, -0.1) is 0 Å². The molecule has 1 heterocycles. The van der Waals surface area contributed by atoms with Crippen molar-refractivity contribution >= 4 is 28.8 Å². The van der Waals surface area contributed by atoms with E-state index in [-0.39, 0.29) is 29.3 Å². The normalized spacial score (nSPS) is 28.8. The molecule has 2 amide bonds. The first-order valence-electron chi connectivity index (χ1n) is 9.55. The van der Waals surface area contributed by atoms with Crippen LogP contribution in [0.2, 0.25) is 0 Å². The van der Waals surface area contributed by atoms with E-state index in [1.165, 1.54) is 29.2 Å². The summed E-state index contributed by atoms with van der Waals surface area (Å²) >= 11 is 0. The first-order chi connectivity index (χ1) is 14.0. The summed E-state index contributed by atoms with van der Waals surface area (Å²) < 4.78 is 0. The standard InChI is InChI=1S/C23H18N2O4/c1-13(14-5-3-2-4-6-14)19-17-11-12-18(19)21-20(17)22(26)24(23(21)27)15-7-9-16(10-8-15)25(28)29/h2-12,17-18,20-21H,1H3/t17-,18-,20-,21+/m1/s1. The van der Waals surface area contributed by atoms with E-state index in [9.17, 15) is 19.7 Å². The Balaban J connectivity index is 1.51. The van der Waals surface area contributed by atoms with Gasteiger partial charge in [-0.2, -0.15) is 0 Å². The zero-order valence-electron chi connectivity index (χ0n) is 15.7. The summed E-state index contributed by atoms with van der Waals surface area (Å²) in [7, 11) is 0. The molecule has 2 aromatic carbocycles. The predicted octanol–water partition coefficient (Wildman–Crippen LogP) is 3.99. The van der Waals surface area contributed by atoms with E-state index in [1.807, 2.05) is 30.3 Å². The number of non-ortho nitro benzene ring substituents is 1. The van der Waals surface area contributed by atoms with Crippen molar-refractivity contribution in [1.29, 1.82) is 0 Å². The number of fused-ring (bicyclic) bond motifs is 5. The van der Waals surface area contributed by atoms with Crippen molar-refractivity contribution in [3.8, 4) is 0 Å². The molecule has 1 saturated carbocycles. The molecule has 2 bridgehead atoms. The lowest BCUT2D eigenvalue weighted by Gasteiger charge is -2.20. The highest BCUT2D eigenvalue weighted by molar-refractivity contribution is 6.23. The summed E-state index contributed by atoms with van der Waals surface area (Å²) in [6, 6.07) is 15.6. The molecule has 0 unspecified atom stereocenters. The van der Waals surface area contributed by atoms with Gasteiger partial charge in [0.25, 0.3) is 5.69 Å². The molecule has 2 aromatic rings. The molecule has 6 nitrogen and oxygen atoms in total. The van der Waals surface area contributed by atoms with Crippen LogP contribution in [0.3, 0.4) is 0 Å². The van der Waals surface area contributed by atoms with Crippen LogP contribution in [0.1, 0.15) is 12.5 Å². The van der Waals surface area contributed by atoms with Crippen molar-refractivity contribution in [2.75, 3.05) is 4.90 Å². The summed E-state index contributed by atoms with van der Waals surface area (Å²) in [5.41, 5.74) is 3.72. The fourth-order valence-corrected chi connectivity index (χ4v) is 5.10. The van der Waals surface area contributed by atoms with Gasteiger partial charge in [0.15, 0.2) is 0 Å². The minimum atomic E-state index is -0.500. The number of imide groups is 1. The maximum atomic E-state index is 13.2. The Hall–Kier alpha value is -3.54. The van der Waals surface area contributed by atoms with Crippen LogP contribution >= 0.6 is 0 Å². The van der Waals surface area contributed by atoms with E-state index in [1.54, 1.807) is 0 Å². The van der Waals surface area contributed by atoms with Gasteiger partial charge in [-0.1, -0.05) is 48.1 Å². The molecule has 0 N–H and O–H groups in total. The van der Waals surface area contributed by atoms with Crippen molar-refractivity contribution < 1.29 is 14.5 Å². The van der Waals surface area contributed by atoms with Gasteiger partial charge in [-0.3, -0.25) is 19.7 Å². The van der Waals surface area contributed by atoms with Crippen LogP contribution in [0.5, 0.6) is 0 Å². The predicted molar refractivity (Wildman–Crippen MR) is 108 cm³/mol. The second-order valence-corrected chi connectivity index (χ2v) is 7.72.